The fourth-order valence-corrected chi connectivity index (χ4v) is 3.44. The number of carbonyl (C=O) groups is 2. The van der Waals surface area contributed by atoms with Crippen molar-refractivity contribution in [2.24, 2.45) is 0 Å². The van der Waals surface area contributed by atoms with Crippen LogP contribution in [0.5, 0.6) is 5.75 Å². The first-order valence-corrected chi connectivity index (χ1v) is 9.49. The normalized spacial score (nSPS) is 10.3. The Hall–Kier alpha value is -3.12. The van der Waals surface area contributed by atoms with Gasteiger partial charge in [0.1, 0.15) is 10.6 Å². The lowest BCUT2D eigenvalue weighted by Crippen LogP contribution is -2.43. The van der Waals surface area contributed by atoms with Gasteiger partial charge in [-0.3, -0.25) is 20.4 Å². The second-order valence-electron chi connectivity index (χ2n) is 5.78. The standard InChI is InChI=1S/C21H20N2O3S/c1-2-15-8-6-7-11-18(15)26-14-19(24)22-23-21(25)20-17(12-13-27-20)16-9-4-3-5-10-16/h3-13H,2,14H2,1H3,(H,22,24)(H,23,25). The lowest BCUT2D eigenvalue weighted by molar-refractivity contribution is -0.123. The maximum atomic E-state index is 12.4. The van der Waals surface area contributed by atoms with Crippen molar-refractivity contribution in [2.75, 3.05) is 6.61 Å². The molecule has 0 spiro atoms. The number of rotatable bonds is 6. The molecule has 2 amide bonds. The molecule has 6 heteroatoms. The van der Waals surface area contributed by atoms with E-state index in [2.05, 4.69) is 10.9 Å². The van der Waals surface area contributed by atoms with Crippen molar-refractivity contribution in [1.29, 1.82) is 0 Å². The van der Waals surface area contributed by atoms with Crippen LogP contribution in [0.4, 0.5) is 0 Å². The average molecular weight is 380 g/mol. The second kappa shape index (κ2) is 9.00. The number of nitrogens with one attached hydrogen (secondary N) is 2. The molecule has 0 saturated carbocycles. The maximum Gasteiger partial charge on any atom is 0.280 e. The Morgan fingerprint density at radius 3 is 2.48 bits per heavy atom. The number of thiophene rings is 1. The van der Waals surface area contributed by atoms with Crippen LogP contribution in [-0.2, 0) is 11.2 Å². The molecule has 2 aromatic carbocycles. The Morgan fingerprint density at radius 1 is 0.963 bits per heavy atom. The molecule has 0 saturated heterocycles. The van der Waals surface area contributed by atoms with E-state index < -0.39 is 5.91 Å². The summed E-state index contributed by atoms with van der Waals surface area (Å²) in [5, 5.41) is 1.85. The molecule has 0 aliphatic carbocycles. The van der Waals surface area contributed by atoms with Crippen molar-refractivity contribution in [1.82, 2.24) is 10.9 Å². The second-order valence-corrected chi connectivity index (χ2v) is 6.70. The monoisotopic (exact) mass is 380 g/mol. The van der Waals surface area contributed by atoms with Crippen LogP contribution in [0.25, 0.3) is 11.1 Å². The molecule has 138 valence electrons. The van der Waals surface area contributed by atoms with Crippen molar-refractivity contribution < 1.29 is 14.3 Å². The van der Waals surface area contributed by atoms with Gasteiger partial charge in [-0.1, -0.05) is 55.5 Å². The quantitative estimate of drug-likeness (QED) is 0.639. The molecule has 1 aromatic heterocycles. The van der Waals surface area contributed by atoms with Crippen LogP contribution < -0.4 is 15.6 Å². The largest absolute Gasteiger partial charge is 0.483 e. The van der Waals surface area contributed by atoms with Crippen LogP contribution in [0.15, 0.2) is 66.0 Å². The fourth-order valence-electron chi connectivity index (χ4n) is 2.63. The van der Waals surface area contributed by atoms with Gasteiger partial charge in [-0.15, -0.1) is 11.3 Å². The Kier molecular flexibility index (Phi) is 6.22. The third kappa shape index (κ3) is 4.74. The molecule has 0 atom stereocenters. The van der Waals surface area contributed by atoms with Gasteiger partial charge in [0.25, 0.3) is 11.8 Å². The first kappa shape index (κ1) is 18.7. The lowest BCUT2D eigenvalue weighted by Gasteiger charge is -2.11. The molecule has 0 bridgehead atoms. The summed E-state index contributed by atoms with van der Waals surface area (Å²) in [6, 6.07) is 19.1. The fraction of sp³-hybridized carbons (Fsp3) is 0.143. The average Bonchev–Trinajstić information content (AvgIpc) is 3.21. The van der Waals surface area contributed by atoms with Gasteiger partial charge < -0.3 is 4.74 Å². The molecule has 0 unspecified atom stereocenters. The van der Waals surface area contributed by atoms with E-state index in [0.717, 1.165) is 23.1 Å². The molecule has 27 heavy (non-hydrogen) atoms. The van der Waals surface area contributed by atoms with Crippen molar-refractivity contribution in [2.45, 2.75) is 13.3 Å². The summed E-state index contributed by atoms with van der Waals surface area (Å²) in [6.07, 6.45) is 0.815. The van der Waals surface area contributed by atoms with Crippen LogP contribution >= 0.6 is 11.3 Å². The number of benzene rings is 2. The van der Waals surface area contributed by atoms with E-state index in [1.165, 1.54) is 11.3 Å². The number of hydrogen-bond acceptors (Lipinski definition) is 4. The topological polar surface area (TPSA) is 67.4 Å². The molecule has 0 radical (unpaired) electrons. The van der Waals surface area contributed by atoms with Gasteiger partial charge in [0.2, 0.25) is 0 Å². The van der Waals surface area contributed by atoms with Crippen LogP contribution in [0, 0.1) is 0 Å². The van der Waals surface area contributed by atoms with Gasteiger partial charge in [-0.25, -0.2) is 0 Å². The van der Waals surface area contributed by atoms with Crippen molar-refractivity contribution in [3.05, 3.63) is 76.5 Å². The highest BCUT2D eigenvalue weighted by molar-refractivity contribution is 7.12. The predicted molar refractivity (Wildman–Crippen MR) is 107 cm³/mol. The van der Waals surface area contributed by atoms with Crippen molar-refractivity contribution >= 4 is 23.2 Å². The summed E-state index contributed by atoms with van der Waals surface area (Å²) in [5.74, 6) is -0.107. The summed E-state index contributed by atoms with van der Waals surface area (Å²) >= 11 is 1.32. The van der Waals surface area contributed by atoms with E-state index >= 15 is 0 Å². The zero-order chi connectivity index (χ0) is 19.1. The number of para-hydroxylation sites is 1. The molecular weight excluding hydrogens is 360 g/mol. The number of carbonyl (C=O) groups excluding carboxylic acids is 2. The maximum absolute atomic E-state index is 12.4. The minimum absolute atomic E-state index is 0.173. The Bertz CT molecular complexity index is 922. The summed E-state index contributed by atoms with van der Waals surface area (Å²) in [7, 11) is 0. The van der Waals surface area contributed by atoms with E-state index in [9.17, 15) is 9.59 Å². The van der Waals surface area contributed by atoms with Gasteiger partial charge in [-0.2, -0.15) is 0 Å². The number of aryl methyl sites for hydroxylation is 1. The zero-order valence-corrected chi connectivity index (χ0v) is 15.7. The smallest absolute Gasteiger partial charge is 0.280 e. The van der Waals surface area contributed by atoms with E-state index in [1.807, 2.05) is 73.0 Å². The molecule has 2 N–H and O–H groups in total. The third-order valence-corrected chi connectivity index (χ3v) is 4.90. The van der Waals surface area contributed by atoms with Crippen LogP contribution in [0.2, 0.25) is 0 Å². The van der Waals surface area contributed by atoms with Crippen LogP contribution in [0.3, 0.4) is 0 Å². The van der Waals surface area contributed by atoms with Gasteiger partial charge in [0.05, 0.1) is 0 Å². The Morgan fingerprint density at radius 2 is 1.70 bits per heavy atom. The minimum atomic E-state index is -0.424. The number of hydrogen-bond donors (Lipinski definition) is 2. The van der Waals surface area contributed by atoms with E-state index in [1.54, 1.807) is 0 Å². The molecule has 0 aliphatic rings. The summed E-state index contributed by atoms with van der Waals surface area (Å²) in [6.45, 7) is 1.85. The molecular formula is C21H20N2O3S. The number of ether oxygens (including phenoxy) is 1. The van der Waals surface area contributed by atoms with Gasteiger partial charge in [0.15, 0.2) is 6.61 Å². The number of hydrazine groups is 1. The zero-order valence-electron chi connectivity index (χ0n) is 14.9. The highest BCUT2D eigenvalue weighted by atomic mass is 32.1. The Balaban J connectivity index is 1.55. The highest BCUT2D eigenvalue weighted by Crippen LogP contribution is 2.27. The van der Waals surface area contributed by atoms with Crippen molar-refractivity contribution in [3.8, 4) is 16.9 Å². The van der Waals surface area contributed by atoms with Gasteiger partial charge >= 0.3 is 0 Å². The van der Waals surface area contributed by atoms with Crippen LogP contribution in [-0.4, -0.2) is 18.4 Å². The molecule has 3 rings (SSSR count). The first-order valence-electron chi connectivity index (χ1n) is 8.62. The molecule has 3 aromatic rings. The van der Waals surface area contributed by atoms with Gasteiger partial charge in [-0.05, 0) is 35.1 Å². The van der Waals surface area contributed by atoms with Crippen molar-refractivity contribution in [3.63, 3.8) is 0 Å². The molecule has 5 nitrogen and oxygen atoms in total. The van der Waals surface area contributed by atoms with E-state index in [4.69, 9.17) is 4.74 Å². The summed E-state index contributed by atoms with van der Waals surface area (Å²) in [5.41, 5.74) is 7.67. The molecule has 0 aliphatic heterocycles. The third-order valence-electron chi connectivity index (χ3n) is 3.98. The van der Waals surface area contributed by atoms with E-state index in [-0.39, 0.29) is 12.5 Å². The first-order chi connectivity index (χ1) is 13.2. The summed E-state index contributed by atoms with van der Waals surface area (Å²) < 4.78 is 5.55. The molecule has 0 fully saturated rings. The predicted octanol–water partition coefficient (Wildman–Crippen LogP) is 3.82. The summed E-state index contributed by atoms with van der Waals surface area (Å²) in [4.78, 5) is 25.0. The SMILES string of the molecule is CCc1ccccc1OCC(=O)NNC(=O)c1sccc1-c1ccccc1. The highest BCUT2D eigenvalue weighted by Gasteiger charge is 2.15. The number of amides is 2. The van der Waals surface area contributed by atoms with E-state index in [0.29, 0.717) is 10.6 Å². The van der Waals surface area contributed by atoms with Gasteiger partial charge in [0, 0.05) is 5.56 Å². The minimum Gasteiger partial charge on any atom is -0.483 e. The Labute approximate surface area is 162 Å². The molecule has 1 heterocycles. The van der Waals surface area contributed by atoms with Crippen LogP contribution in [0.1, 0.15) is 22.2 Å². The lowest BCUT2D eigenvalue weighted by atomic mass is 10.1.